The fourth-order valence-corrected chi connectivity index (χ4v) is 5.31. The van der Waals surface area contributed by atoms with Crippen LogP contribution in [0.4, 0.5) is 5.82 Å². The molecule has 136 valence electrons. The first kappa shape index (κ1) is 15.6. The minimum absolute atomic E-state index is 0.0480. The van der Waals surface area contributed by atoms with E-state index in [0.29, 0.717) is 12.4 Å². The summed E-state index contributed by atoms with van der Waals surface area (Å²) in [5.74, 6) is 0.691. The Morgan fingerprint density at radius 3 is 2.85 bits per heavy atom. The molecule has 2 aromatic rings. The number of hydrogen-bond acceptors (Lipinski definition) is 4. The minimum Gasteiger partial charge on any atom is -0.381 e. The summed E-state index contributed by atoms with van der Waals surface area (Å²) in [6.07, 6.45) is 7.03. The molecule has 4 fully saturated rings. The number of pyridine rings is 1. The van der Waals surface area contributed by atoms with Gasteiger partial charge in [-0.05, 0) is 60.6 Å². The molecular formula is C22H21N3O2. The van der Waals surface area contributed by atoms with E-state index in [9.17, 15) is 10.1 Å². The monoisotopic (exact) mass is 359 g/mol. The van der Waals surface area contributed by atoms with Crippen molar-refractivity contribution in [1.82, 2.24) is 4.98 Å². The second-order valence-electron chi connectivity index (χ2n) is 9.02. The number of ether oxygens (including phenoxy) is 1. The number of nitrogens with one attached hydrogen (secondary N) is 1. The summed E-state index contributed by atoms with van der Waals surface area (Å²) < 4.78 is 5.47. The summed E-state index contributed by atoms with van der Waals surface area (Å²) in [7, 11) is 0. The molecule has 3 atom stereocenters. The van der Waals surface area contributed by atoms with E-state index in [4.69, 9.17) is 4.74 Å². The van der Waals surface area contributed by atoms with Crippen LogP contribution in [0.5, 0.6) is 0 Å². The third-order valence-corrected chi connectivity index (χ3v) is 7.53. The molecule has 2 heterocycles. The van der Waals surface area contributed by atoms with Crippen molar-refractivity contribution in [1.29, 1.82) is 5.26 Å². The molecule has 0 bridgehead atoms. The van der Waals surface area contributed by atoms with Gasteiger partial charge in [-0.25, -0.2) is 4.98 Å². The van der Waals surface area contributed by atoms with Crippen molar-refractivity contribution in [2.45, 2.75) is 37.5 Å². The maximum atomic E-state index is 12.6. The molecule has 3 aliphatic carbocycles. The highest BCUT2D eigenvalue weighted by Gasteiger charge is 2.75. The van der Waals surface area contributed by atoms with Gasteiger partial charge in [-0.2, -0.15) is 5.26 Å². The number of carbonyl (C=O) groups excluding carboxylic acids is 1. The number of nitrogens with zero attached hydrogens (tertiary/aromatic N) is 2. The molecule has 3 saturated carbocycles. The minimum atomic E-state index is -0.295. The number of anilines is 1. The van der Waals surface area contributed by atoms with Crippen molar-refractivity contribution < 1.29 is 9.53 Å². The highest BCUT2D eigenvalue weighted by molar-refractivity contribution is 5.96. The summed E-state index contributed by atoms with van der Waals surface area (Å²) in [5.41, 5.74) is 1.15. The molecule has 27 heavy (non-hydrogen) atoms. The average Bonchev–Trinajstić information content (AvgIpc) is 3.61. The number of amides is 1. The first-order chi connectivity index (χ1) is 13.1. The number of rotatable bonds is 3. The Labute approximate surface area is 157 Å². The van der Waals surface area contributed by atoms with Crippen molar-refractivity contribution in [3.8, 4) is 6.07 Å². The van der Waals surface area contributed by atoms with Crippen LogP contribution in [-0.2, 0) is 14.9 Å². The zero-order valence-electron chi connectivity index (χ0n) is 15.1. The summed E-state index contributed by atoms with van der Waals surface area (Å²) in [6, 6.07) is 10.8. The lowest BCUT2D eigenvalue weighted by Gasteiger charge is -2.11. The second-order valence-corrected chi connectivity index (χ2v) is 9.02. The highest BCUT2D eigenvalue weighted by atomic mass is 16.5. The summed E-state index contributed by atoms with van der Waals surface area (Å²) in [5, 5.41) is 14.8. The van der Waals surface area contributed by atoms with Gasteiger partial charge in [0.05, 0.1) is 18.1 Å². The van der Waals surface area contributed by atoms with Crippen LogP contribution >= 0.6 is 0 Å². The summed E-state index contributed by atoms with van der Waals surface area (Å²) in [6.45, 7) is 1.47. The zero-order chi connectivity index (χ0) is 18.3. The number of benzene rings is 1. The summed E-state index contributed by atoms with van der Waals surface area (Å²) >= 11 is 0. The second kappa shape index (κ2) is 4.88. The van der Waals surface area contributed by atoms with E-state index >= 15 is 0 Å². The van der Waals surface area contributed by atoms with Gasteiger partial charge in [-0.1, -0.05) is 12.1 Å². The van der Waals surface area contributed by atoms with Gasteiger partial charge in [0.1, 0.15) is 5.82 Å². The van der Waals surface area contributed by atoms with Gasteiger partial charge < -0.3 is 10.1 Å². The van der Waals surface area contributed by atoms with Crippen LogP contribution < -0.4 is 5.32 Å². The Balaban J connectivity index is 1.27. The van der Waals surface area contributed by atoms with Crippen LogP contribution in [0.15, 0.2) is 30.5 Å². The first-order valence-electron chi connectivity index (χ1n) is 9.80. The molecule has 3 unspecified atom stereocenters. The molecule has 4 aliphatic rings. The summed E-state index contributed by atoms with van der Waals surface area (Å²) in [4.78, 5) is 17.0. The highest BCUT2D eigenvalue weighted by Crippen LogP contribution is 2.78. The fraction of sp³-hybridized carbons (Fsp3) is 0.500. The van der Waals surface area contributed by atoms with Crippen LogP contribution in [-0.4, -0.2) is 24.1 Å². The number of carbonyl (C=O) groups is 1. The van der Waals surface area contributed by atoms with E-state index in [-0.39, 0.29) is 28.1 Å². The predicted molar refractivity (Wildman–Crippen MR) is 99.9 cm³/mol. The van der Waals surface area contributed by atoms with Crippen molar-refractivity contribution in [3.63, 3.8) is 0 Å². The molecule has 1 N–H and O–H groups in total. The van der Waals surface area contributed by atoms with Gasteiger partial charge in [0.2, 0.25) is 5.91 Å². The zero-order valence-corrected chi connectivity index (χ0v) is 15.1. The standard InChI is InChI=1S/C22H21N3O2/c23-12-22(11-21(22)3-4-21)16-2-1-14-10-24-18(8-15(14)7-16)25-19(26)17-9-20(17)5-6-27-13-20/h1-2,7-8,10,17H,3-6,9,11,13H2,(H,24,25,26). The number of fused-ring (bicyclic) bond motifs is 1. The van der Waals surface area contributed by atoms with Gasteiger partial charge >= 0.3 is 0 Å². The number of hydrogen-bond donors (Lipinski definition) is 1. The van der Waals surface area contributed by atoms with Crippen LogP contribution in [0.25, 0.3) is 10.8 Å². The topological polar surface area (TPSA) is 75.0 Å². The van der Waals surface area contributed by atoms with E-state index < -0.39 is 0 Å². The van der Waals surface area contributed by atoms with Crippen LogP contribution in [0, 0.1) is 28.1 Å². The maximum Gasteiger partial charge on any atom is 0.229 e. The lowest BCUT2D eigenvalue weighted by molar-refractivity contribution is -0.118. The van der Waals surface area contributed by atoms with Gasteiger partial charge in [-0.3, -0.25) is 4.79 Å². The molecule has 1 amide bonds. The molecule has 2 spiro atoms. The first-order valence-corrected chi connectivity index (χ1v) is 9.80. The van der Waals surface area contributed by atoms with E-state index in [0.717, 1.165) is 42.2 Å². The van der Waals surface area contributed by atoms with E-state index in [2.05, 4.69) is 28.5 Å². The van der Waals surface area contributed by atoms with Crippen LogP contribution in [0.3, 0.4) is 0 Å². The lowest BCUT2D eigenvalue weighted by atomic mass is 9.92. The Morgan fingerprint density at radius 2 is 2.15 bits per heavy atom. The molecule has 1 aliphatic heterocycles. The van der Waals surface area contributed by atoms with Crippen LogP contribution in [0.1, 0.15) is 37.7 Å². The largest absolute Gasteiger partial charge is 0.381 e. The maximum absolute atomic E-state index is 12.6. The van der Waals surface area contributed by atoms with Crippen molar-refractivity contribution in [3.05, 3.63) is 36.0 Å². The predicted octanol–water partition coefficient (Wildman–Crippen LogP) is 3.55. The van der Waals surface area contributed by atoms with E-state index in [1.165, 1.54) is 12.8 Å². The third-order valence-electron chi connectivity index (χ3n) is 7.53. The van der Waals surface area contributed by atoms with Gasteiger partial charge in [-0.15, -0.1) is 0 Å². The van der Waals surface area contributed by atoms with E-state index in [1.807, 2.05) is 12.1 Å². The Morgan fingerprint density at radius 1 is 1.26 bits per heavy atom. The van der Waals surface area contributed by atoms with E-state index in [1.54, 1.807) is 6.20 Å². The van der Waals surface area contributed by atoms with Crippen LogP contribution in [0.2, 0.25) is 0 Å². The molecule has 1 aromatic carbocycles. The molecule has 1 saturated heterocycles. The number of aromatic nitrogens is 1. The van der Waals surface area contributed by atoms with Crippen molar-refractivity contribution >= 4 is 22.5 Å². The number of nitriles is 1. The molecule has 0 radical (unpaired) electrons. The van der Waals surface area contributed by atoms with Crippen molar-refractivity contribution in [2.75, 3.05) is 18.5 Å². The Hall–Kier alpha value is -2.45. The molecule has 5 nitrogen and oxygen atoms in total. The Kier molecular flexibility index (Phi) is 2.82. The third kappa shape index (κ3) is 2.08. The SMILES string of the molecule is N#CC1(c2ccc3cnc(NC(=O)C4CC45CCOC5)cc3c2)CC12CC2. The van der Waals surface area contributed by atoms with Gasteiger partial charge in [0.15, 0.2) is 0 Å². The molecule has 6 rings (SSSR count). The normalized spacial score (nSPS) is 34.6. The molecule has 5 heteroatoms. The Bertz CT molecular complexity index is 1030. The molecule has 1 aromatic heterocycles. The average molecular weight is 359 g/mol. The quantitative estimate of drug-likeness (QED) is 0.909. The fourth-order valence-electron chi connectivity index (χ4n) is 5.31. The van der Waals surface area contributed by atoms with Crippen molar-refractivity contribution in [2.24, 2.45) is 16.7 Å². The van der Waals surface area contributed by atoms with Gasteiger partial charge in [0.25, 0.3) is 0 Å². The van der Waals surface area contributed by atoms with Gasteiger partial charge in [0, 0.05) is 29.5 Å². The smallest absolute Gasteiger partial charge is 0.229 e. The molecular weight excluding hydrogens is 338 g/mol. The lowest BCUT2D eigenvalue weighted by Crippen LogP contribution is -2.19.